The molecule has 1 aromatic carbocycles. The summed E-state index contributed by atoms with van der Waals surface area (Å²) in [6.45, 7) is 2.17. The summed E-state index contributed by atoms with van der Waals surface area (Å²) < 4.78 is 1.10. The molecule has 0 radical (unpaired) electrons. The molecule has 0 unspecified atom stereocenters. The van der Waals surface area contributed by atoms with Gasteiger partial charge in [-0.05, 0) is 72.0 Å². The fraction of sp³-hybridized carbons (Fsp3) is 0.467. The summed E-state index contributed by atoms with van der Waals surface area (Å²) >= 11 is 2.22. The minimum absolute atomic E-state index is 0.00255. The van der Waals surface area contributed by atoms with E-state index in [2.05, 4.69) is 29.5 Å². The first-order valence-corrected chi connectivity index (χ1v) is 7.79. The third kappa shape index (κ3) is 2.20. The van der Waals surface area contributed by atoms with Gasteiger partial charge in [0, 0.05) is 3.57 Å². The van der Waals surface area contributed by atoms with Gasteiger partial charge in [0.05, 0.1) is 17.5 Å². The predicted molar refractivity (Wildman–Crippen MR) is 81.6 cm³/mol. The second-order valence-corrected chi connectivity index (χ2v) is 6.87. The molecule has 0 N–H and O–H groups in total. The van der Waals surface area contributed by atoms with Crippen molar-refractivity contribution in [1.29, 1.82) is 0 Å². The van der Waals surface area contributed by atoms with Crippen molar-refractivity contribution in [3.05, 3.63) is 27.8 Å². The number of imide groups is 1. The van der Waals surface area contributed by atoms with Gasteiger partial charge in [-0.2, -0.15) is 0 Å². The van der Waals surface area contributed by atoms with Gasteiger partial charge in [-0.15, -0.1) is 0 Å². The van der Waals surface area contributed by atoms with Crippen LogP contribution in [0.15, 0.2) is 24.3 Å². The number of benzene rings is 1. The maximum atomic E-state index is 12.5. The van der Waals surface area contributed by atoms with Crippen LogP contribution in [0.25, 0.3) is 0 Å². The zero-order valence-electron chi connectivity index (χ0n) is 10.8. The van der Waals surface area contributed by atoms with Crippen LogP contribution in [0.2, 0.25) is 0 Å². The van der Waals surface area contributed by atoms with Gasteiger partial charge in [0.2, 0.25) is 11.8 Å². The van der Waals surface area contributed by atoms with Crippen molar-refractivity contribution in [3.8, 4) is 0 Å². The number of rotatable bonds is 1. The average Bonchev–Trinajstić information content (AvgIpc) is 2.63. The zero-order chi connectivity index (χ0) is 13.6. The maximum absolute atomic E-state index is 12.5. The van der Waals surface area contributed by atoms with E-state index < -0.39 is 0 Å². The van der Waals surface area contributed by atoms with Crippen molar-refractivity contribution in [3.63, 3.8) is 0 Å². The van der Waals surface area contributed by atoms with Gasteiger partial charge in [0.15, 0.2) is 0 Å². The Balaban J connectivity index is 1.93. The number of hydrogen-bond donors (Lipinski definition) is 0. The number of halogens is 1. The molecule has 2 fully saturated rings. The molecule has 1 heterocycles. The van der Waals surface area contributed by atoms with Crippen LogP contribution in [-0.2, 0) is 9.59 Å². The molecule has 3 rings (SSSR count). The molecule has 1 aliphatic heterocycles. The molecule has 1 aliphatic carbocycles. The van der Waals surface area contributed by atoms with Crippen LogP contribution in [0, 0.1) is 21.3 Å². The molecule has 1 saturated heterocycles. The quantitative estimate of drug-likeness (QED) is 0.563. The lowest BCUT2D eigenvalue weighted by Gasteiger charge is -2.25. The van der Waals surface area contributed by atoms with Crippen molar-refractivity contribution in [2.75, 3.05) is 4.90 Å². The van der Waals surface area contributed by atoms with E-state index in [9.17, 15) is 9.59 Å². The van der Waals surface area contributed by atoms with Crippen molar-refractivity contribution in [2.45, 2.75) is 26.2 Å². The van der Waals surface area contributed by atoms with Crippen molar-refractivity contribution in [1.82, 2.24) is 0 Å². The van der Waals surface area contributed by atoms with Crippen LogP contribution in [-0.4, -0.2) is 11.8 Å². The van der Waals surface area contributed by atoms with E-state index in [1.807, 2.05) is 24.3 Å². The second kappa shape index (κ2) is 4.89. The van der Waals surface area contributed by atoms with Gasteiger partial charge in [0.1, 0.15) is 0 Å². The van der Waals surface area contributed by atoms with Gasteiger partial charge in [-0.3, -0.25) is 14.5 Å². The summed E-state index contributed by atoms with van der Waals surface area (Å²) in [5, 5.41) is 0. The summed E-state index contributed by atoms with van der Waals surface area (Å²) in [6, 6.07) is 7.58. The third-order valence-electron chi connectivity index (χ3n) is 4.27. The van der Waals surface area contributed by atoms with Crippen LogP contribution >= 0.6 is 22.6 Å². The molecule has 0 bridgehead atoms. The summed E-state index contributed by atoms with van der Waals surface area (Å²) in [7, 11) is 0. The van der Waals surface area contributed by atoms with Crippen molar-refractivity contribution in [2.24, 2.45) is 17.8 Å². The smallest absolute Gasteiger partial charge is 0.237 e. The first-order valence-electron chi connectivity index (χ1n) is 6.71. The molecule has 1 saturated carbocycles. The summed E-state index contributed by atoms with van der Waals surface area (Å²) in [6.07, 6.45) is 2.77. The Morgan fingerprint density at radius 3 is 2.37 bits per heavy atom. The van der Waals surface area contributed by atoms with Crippen molar-refractivity contribution < 1.29 is 9.59 Å². The fourth-order valence-corrected chi connectivity index (χ4v) is 3.59. The van der Waals surface area contributed by atoms with Gasteiger partial charge in [0.25, 0.3) is 0 Å². The molecular weight excluding hydrogens is 353 g/mol. The second-order valence-electron chi connectivity index (χ2n) is 5.62. The van der Waals surface area contributed by atoms with E-state index in [-0.39, 0.29) is 23.7 Å². The summed E-state index contributed by atoms with van der Waals surface area (Å²) in [4.78, 5) is 26.3. The lowest BCUT2D eigenvalue weighted by atomic mass is 9.76. The highest BCUT2D eigenvalue weighted by Crippen LogP contribution is 2.42. The molecule has 1 aromatic rings. The SMILES string of the molecule is C[C@@H]1CC[C@H]2C(=O)N(c3ccc(I)cc3)C(=O)[C@@H]2C1. The van der Waals surface area contributed by atoms with Gasteiger partial charge in [-0.25, -0.2) is 0 Å². The Kier molecular flexibility index (Phi) is 3.37. The molecule has 19 heavy (non-hydrogen) atoms. The van der Waals surface area contributed by atoms with E-state index in [4.69, 9.17) is 0 Å². The first-order chi connectivity index (χ1) is 9.08. The Hall–Kier alpha value is -0.910. The van der Waals surface area contributed by atoms with Gasteiger partial charge in [-0.1, -0.05) is 6.92 Å². The standard InChI is InChI=1S/C15H16INO2/c1-9-2-7-12-13(8-9)15(19)17(14(12)18)11-5-3-10(16)4-6-11/h3-6,9,12-13H,2,7-8H2,1H3/t9-,12-,13-/m1/s1. The molecule has 3 nitrogen and oxygen atoms in total. The molecule has 100 valence electrons. The zero-order valence-corrected chi connectivity index (χ0v) is 13.0. The van der Waals surface area contributed by atoms with E-state index in [1.165, 1.54) is 4.90 Å². The van der Waals surface area contributed by atoms with Crippen molar-refractivity contribution >= 4 is 40.1 Å². The highest BCUT2D eigenvalue weighted by molar-refractivity contribution is 14.1. The fourth-order valence-electron chi connectivity index (χ4n) is 3.23. The lowest BCUT2D eigenvalue weighted by Crippen LogP contribution is -2.30. The van der Waals surface area contributed by atoms with Crippen LogP contribution in [0.1, 0.15) is 26.2 Å². The predicted octanol–water partition coefficient (Wildman–Crippen LogP) is 3.22. The van der Waals surface area contributed by atoms with Gasteiger partial charge >= 0.3 is 0 Å². The number of amides is 2. The average molecular weight is 369 g/mol. The normalized spacial score (nSPS) is 30.6. The van der Waals surface area contributed by atoms with E-state index in [0.29, 0.717) is 5.92 Å². The van der Waals surface area contributed by atoms with Crippen LogP contribution in [0.3, 0.4) is 0 Å². The minimum atomic E-state index is -0.0875. The topological polar surface area (TPSA) is 37.4 Å². The van der Waals surface area contributed by atoms with Crippen LogP contribution < -0.4 is 4.90 Å². The van der Waals surface area contributed by atoms with Crippen LogP contribution in [0.4, 0.5) is 5.69 Å². The number of hydrogen-bond acceptors (Lipinski definition) is 2. The monoisotopic (exact) mass is 369 g/mol. The molecule has 0 spiro atoms. The summed E-state index contributed by atoms with van der Waals surface area (Å²) in [5.41, 5.74) is 0.720. The van der Waals surface area contributed by atoms with E-state index in [0.717, 1.165) is 28.5 Å². The lowest BCUT2D eigenvalue weighted by molar-refractivity contribution is -0.122. The molecule has 2 amide bonds. The third-order valence-corrected chi connectivity index (χ3v) is 4.99. The molecule has 2 aliphatic rings. The Bertz CT molecular complexity index is 525. The highest BCUT2D eigenvalue weighted by atomic mass is 127. The largest absolute Gasteiger partial charge is 0.274 e. The molecule has 3 atom stereocenters. The molecular formula is C15H16INO2. The number of carbonyl (C=O) groups is 2. The van der Waals surface area contributed by atoms with Crippen LogP contribution in [0.5, 0.6) is 0 Å². The van der Waals surface area contributed by atoms with E-state index >= 15 is 0 Å². The van der Waals surface area contributed by atoms with E-state index in [1.54, 1.807) is 0 Å². The molecule has 4 heteroatoms. The maximum Gasteiger partial charge on any atom is 0.237 e. The molecule has 0 aromatic heterocycles. The number of carbonyl (C=O) groups excluding carboxylic acids is 2. The minimum Gasteiger partial charge on any atom is -0.274 e. The summed E-state index contributed by atoms with van der Waals surface area (Å²) in [5.74, 6) is 0.388. The Morgan fingerprint density at radius 2 is 1.68 bits per heavy atom. The number of anilines is 1. The highest BCUT2D eigenvalue weighted by Gasteiger charge is 2.49. The Morgan fingerprint density at radius 1 is 1.05 bits per heavy atom. The van der Waals surface area contributed by atoms with Gasteiger partial charge < -0.3 is 0 Å². The number of fused-ring (bicyclic) bond motifs is 1. The number of nitrogens with zero attached hydrogens (tertiary/aromatic N) is 1. The first kappa shape index (κ1) is 13.1. The Labute approximate surface area is 126 Å².